The molecule has 1 saturated carbocycles. The normalized spacial score (nSPS) is 20.9. The first kappa shape index (κ1) is 7.42. The molecule has 0 aromatic heterocycles. The summed E-state index contributed by atoms with van der Waals surface area (Å²) in [7, 11) is 0. The quantitative estimate of drug-likeness (QED) is 0.434. The van der Waals surface area contributed by atoms with E-state index >= 15 is 0 Å². The molecule has 0 radical (unpaired) electrons. The lowest BCUT2D eigenvalue weighted by atomic mass is 9.80. The fourth-order valence-corrected chi connectivity index (χ4v) is 1.16. The number of nitrogens with zero attached hydrogens (tertiary/aromatic N) is 1. The zero-order valence-corrected chi connectivity index (χ0v) is 5.72. The molecule has 0 spiro atoms. The number of aliphatic imine (C=N–C) groups is 1. The Labute approximate surface area is 59.1 Å². The van der Waals surface area contributed by atoms with Crippen LogP contribution in [-0.4, -0.2) is 18.8 Å². The minimum Gasteiger partial charge on any atom is -0.249 e. The number of isocyanates is 1. The third-order valence-electron chi connectivity index (χ3n) is 2.07. The van der Waals surface area contributed by atoms with Crippen molar-refractivity contribution in [3.63, 3.8) is 0 Å². The monoisotopic (exact) mass is 143 g/mol. The van der Waals surface area contributed by atoms with Crippen molar-refractivity contribution >= 4 is 6.08 Å². The average molecular weight is 143 g/mol. The first-order valence-electron chi connectivity index (χ1n) is 3.51. The number of hydrogen-bond acceptors (Lipinski definition) is 2. The molecule has 1 aliphatic carbocycles. The largest absolute Gasteiger partial charge is 0.249 e. The minimum absolute atomic E-state index is 0.312. The Hall–Kier alpha value is -0.690. The summed E-state index contributed by atoms with van der Waals surface area (Å²) in [6, 6.07) is -0.397. The highest BCUT2D eigenvalue weighted by molar-refractivity contribution is 5.33. The first-order valence-corrected chi connectivity index (χ1v) is 3.51. The van der Waals surface area contributed by atoms with Crippen LogP contribution in [0.4, 0.5) is 4.39 Å². The smallest absolute Gasteiger partial charge is 0.235 e. The van der Waals surface area contributed by atoms with Crippen LogP contribution in [0, 0.1) is 5.92 Å². The molecule has 0 amide bonds. The van der Waals surface area contributed by atoms with Crippen LogP contribution in [0.3, 0.4) is 0 Å². The van der Waals surface area contributed by atoms with Crippen molar-refractivity contribution in [2.24, 2.45) is 10.9 Å². The van der Waals surface area contributed by atoms with E-state index in [9.17, 15) is 9.18 Å². The molecule has 0 aromatic rings. The standard InChI is InChI=1S/C7H10FNO/c8-4-7(9-5-10)6-2-1-3-6/h6-7H,1-4H2. The maximum absolute atomic E-state index is 12.0. The number of halogens is 1. The second kappa shape index (κ2) is 3.47. The van der Waals surface area contributed by atoms with Crippen molar-refractivity contribution in [1.29, 1.82) is 0 Å². The van der Waals surface area contributed by atoms with Crippen LogP contribution >= 0.6 is 0 Å². The maximum atomic E-state index is 12.0. The zero-order chi connectivity index (χ0) is 7.40. The molecular formula is C7H10FNO. The predicted molar refractivity (Wildman–Crippen MR) is 35.2 cm³/mol. The van der Waals surface area contributed by atoms with Gasteiger partial charge in [-0.25, -0.2) is 9.18 Å². The number of carbonyl (C=O) groups excluding carboxylic acids is 1. The number of hydrogen-bond donors (Lipinski definition) is 0. The van der Waals surface area contributed by atoms with E-state index in [0.717, 1.165) is 19.3 Å². The summed E-state index contributed by atoms with van der Waals surface area (Å²) in [6.45, 7) is -0.514. The Morgan fingerprint density at radius 3 is 2.70 bits per heavy atom. The van der Waals surface area contributed by atoms with E-state index in [4.69, 9.17) is 0 Å². The maximum Gasteiger partial charge on any atom is 0.235 e. The molecule has 0 aromatic carbocycles. The van der Waals surface area contributed by atoms with Crippen LogP contribution in [0.1, 0.15) is 19.3 Å². The van der Waals surface area contributed by atoms with Crippen LogP contribution in [0.15, 0.2) is 4.99 Å². The van der Waals surface area contributed by atoms with Crippen LogP contribution in [0.25, 0.3) is 0 Å². The van der Waals surface area contributed by atoms with Crippen molar-refractivity contribution < 1.29 is 9.18 Å². The molecule has 1 unspecified atom stereocenters. The summed E-state index contributed by atoms with van der Waals surface area (Å²) >= 11 is 0. The fourth-order valence-electron chi connectivity index (χ4n) is 1.16. The van der Waals surface area contributed by atoms with E-state index in [2.05, 4.69) is 4.99 Å². The van der Waals surface area contributed by atoms with E-state index in [1.165, 1.54) is 6.08 Å². The highest BCUT2D eigenvalue weighted by Crippen LogP contribution is 2.31. The topological polar surface area (TPSA) is 29.4 Å². The van der Waals surface area contributed by atoms with Crippen molar-refractivity contribution in [1.82, 2.24) is 0 Å². The van der Waals surface area contributed by atoms with Gasteiger partial charge in [0.15, 0.2) is 0 Å². The van der Waals surface area contributed by atoms with Crippen molar-refractivity contribution in [2.45, 2.75) is 25.3 Å². The molecule has 0 heterocycles. The van der Waals surface area contributed by atoms with E-state index in [-0.39, 0.29) is 0 Å². The zero-order valence-electron chi connectivity index (χ0n) is 5.72. The Morgan fingerprint density at radius 2 is 2.40 bits per heavy atom. The lowest BCUT2D eigenvalue weighted by Gasteiger charge is -2.28. The Morgan fingerprint density at radius 1 is 1.70 bits per heavy atom. The molecule has 10 heavy (non-hydrogen) atoms. The number of alkyl halides is 1. The van der Waals surface area contributed by atoms with E-state index in [1.807, 2.05) is 0 Å². The molecule has 2 nitrogen and oxygen atoms in total. The molecule has 1 atom stereocenters. The van der Waals surface area contributed by atoms with E-state index in [1.54, 1.807) is 0 Å². The molecule has 0 aliphatic heterocycles. The number of rotatable bonds is 3. The van der Waals surface area contributed by atoms with Gasteiger partial charge in [-0.2, -0.15) is 4.99 Å². The second-order valence-electron chi connectivity index (χ2n) is 2.63. The Balaban J connectivity index is 2.38. The summed E-state index contributed by atoms with van der Waals surface area (Å²) in [5, 5.41) is 0. The van der Waals surface area contributed by atoms with Gasteiger partial charge >= 0.3 is 0 Å². The third kappa shape index (κ3) is 1.42. The molecule has 1 aliphatic rings. The fraction of sp³-hybridized carbons (Fsp3) is 0.857. The average Bonchev–Trinajstić information content (AvgIpc) is 1.83. The summed E-state index contributed by atoms with van der Waals surface area (Å²) in [5.41, 5.74) is 0. The van der Waals surface area contributed by atoms with Gasteiger partial charge in [-0.1, -0.05) is 6.42 Å². The van der Waals surface area contributed by atoms with Gasteiger partial charge in [-0.3, -0.25) is 0 Å². The lowest BCUT2D eigenvalue weighted by Crippen LogP contribution is -2.26. The molecular weight excluding hydrogens is 133 g/mol. The van der Waals surface area contributed by atoms with Gasteiger partial charge in [0.25, 0.3) is 0 Å². The van der Waals surface area contributed by atoms with Crippen LogP contribution < -0.4 is 0 Å². The van der Waals surface area contributed by atoms with Gasteiger partial charge in [0, 0.05) is 0 Å². The molecule has 1 fully saturated rings. The first-order chi connectivity index (χ1) is 4.88. The summed E-state index contributed by atoms with van der Waals surface area (Å²) in [5.74, 6) is 0.312. The van der Waals surface area contributed by atoms with Crippen molar-refractivity contribution in [2.75, 3.05) is 6.67 Å². The highest BCUT2D eigenvalue weighted by atomic mass is 19.1. The van der Waals surface area contributed by atoms with Crippen LogP contribution in [-0.2, 0) is 4.79 Å². The van der Waals surface area contributed by atoms with Gasteiger partial charge < -0.3 is 0 Å². The molecule has 56 valence electrons. The molecule has 0 N–H and O–H groups in total. The Kier molecular flexibility index (Phi) is 2.57. The predicted octanol–water partition coefficient (Wildman–Crippen LogP) is 1.46. The minimum atomic E-state index is -0.514. The summed E-state index contributed by atoms with van der Waals surface area (Å²) in [4.78, 5) is 13.1. The van der Waals surface area contributed by atoms with Gasteiger partial charge in [-0.05, 0) is 18.8 Å². The Bertz CT molecular complexity index is 150. The highest BCUT2D eigenvalue weighted by Gasteiger charge is 2.26. The molecule has 3 heteroatoms. The summed E-state index contributed by atoms with van der Waals surface area (Å²) < 4.78 is 12.0. The van der Waals surface area contributed by atoms with E-state index < -0.39 is 12.7 Å². The van der Waals surface area contributed by atoms with E-state index in [0.29, 0.717) is 5.92 Å². The van der Waals surface area contributed by atoms with Crippen LogP contribution in [0.2, 0.25) is 0 Å². The van der Waals surface area contributed by atoms with Crippen LogP contribution in [0.5, 0.6) is 0 Å². The lowest BCUT2D eigenvalue weighted by molar-refractivity contribution is 0.230. The molecule has 0 bridgehead atoms. The summed E-state index contributed by atoms with van der Waals surface area (Å²) in [6.07, 6.45) is 4.58. The molecule has 1 rings (SSSR count). The van der Waals surface area contributed by atoms with Gasteiger partial charge in [-0.15, -0.1) is 0 Å². The van der Waals surface area contributed by atoms with Crippen molar-refractivity contribution in [3.8, 4) is 0 Å². The second-order valence-corrected chi connectivity index (χ2v) is 2.63. The van der Waals surface area contributed by atoms with Gasteiger partial charge in [0.1, 0.15) is 6.67 Å². The van der Waals surface area contributed by atoms with Crippen molar-refractivity contribution in [3.05, 3.63) is 0 Å². The molecule has 0 saturated heterocycles. The third-order valence-corrected chi connectivity index (χ3v) is 2.07. The van der Waals surface area contributed by atoms with Gasteiger partial charge in [0.05, 0.1) is 6.04 Å². The SMILES string of the molecule is O=C=NC(CF)C1CCC1. The van der Waals surface area contributed by atoms with Gasteiger partial charge in [0.2, 0.25) is 6.08 Å².